The number of nitrogens with zero attached hydrogens (tertiary/aromatic N) is 2. The molecule has 0 spiro atoms. The lowest BCUT2D eigenvalue weighted by molar-refractivity contribution is 0.896. The molecule has 1 aromatic carbocycles. The zero-order valence-electron chi connectivity index (χ0n) is 8.64. The third-order valence-electron chi connectivity index (χ3n) is 2.04. The summed E-state index contributed by atoms with van der Waals surface area (Å²) in [6.45, 7) is 3.71. The molecule has 4 heteroatoms. The van der Waals surface area contributed by atoms with Gasteiger partial charge in [0.2, 0.25) is 0 Å². The van der Waals surface area contributed by atoms with E-state index in [1.54, 1.807) is 11.8 Å². The molecule has 0 N–H and O–H groups in total. The highest BCUT2D eigenvalue weighted by Crippen LogP contribution is 2.21. The van der Waals surface area contributed by atoms with Crippen LogP contribution in [0.4, 0.5) is 0 Å². The summed E-state index contributed by atoms with van der Waals surface area (Å²) < 4.78 is 3.15. The normalized spacial score (nSPS) is 10.3. The molecule has 1 aromatic heterocycles. The summed E-state index contributed by atoms with van der Waals surface area (Å²) in [6.07, 6.45) is 5.66. The molecular formula is C12H11BrN2S. The van der Waals surface area contributed by atoms with E-state index in [9.17, 15) is 0 Å². The average molecular weight is 295 g/mol. The number of imidazole rings is 1. The van der Waals surface area contributed by atoms with Crippen LogP contribution in [0, 0.1) is 0 Å². The van der Waals surface area contributed by atoms with Crippen molar-refractivity contribution in [2.45, 2.75) is 5.16 Å². The molecule has 0 aliphatic rings. The molecular weight excluding hydrogens is 284 g/mol. The van der Waals surface area contributed by atoms with Crippen LogP contribution in [0.1, 0.15) is 0 Å². The van der Waals surface area contributed by atoms with Crippen molar-refractivity contribution in [2.75, 3.05) is 5.75 Å². The van der Waals surface area contributed by atoms with E-state index in [1.807, 2.05) is 30.6 Å². The Kier molecular flexibility index (Phi) is 3.85. The van der Waals surface area contributed by atoms with Crippen molar-refractivity contribution in [3.8, 4) is 5.69 Å². The Morgan fingerprint density at radius 1 is 1.38 bits per heavy atom. The first kappa shape index (κ1) is 11.5. The molecule has 2 aromatic rings. The summed E-state index contributed by atoms with van der Waals surface area (Å²) in [4.78, 5) is 4.32. The van der Waals surface area contributed by atoms with Gasteiger partial charge in [0, 0.05) is 28.3 Å². The van der Waals surface area contributed by atoms with Crippen molar-refractivity contribution in [3.05, 3.63) is 53.8 Å². The Morgan fingerprint density at radius 3 is 2.81 bits per heavy atom. The van der Waals surface area contributed by atoms with Gasteiger partial charge in [-0.2, -0.15) is 0 Å². The van der Waals surface area contributed by atoms with Crippen LogP contribution in [0.25, 0.3) is 5.69 Å². The van der Waals surface area contributed by atoms with E-state index in [2.05, 4.69) is 44.2 Å². The van der Waals surface area contributed by atoms with Crippen molar-refractivity contribution in [1.82, 2.24) is 9.55 Å². The van der Waals surface area contributed by atoms with E-state index in [0.29, 0.717) is 0 Å². The van der Waals surface area contributed by atoms with Gasteiger partial charge < -0.3 is 0 Å². The summed E-state index contributed by atoms with van der Waals surface area (Å²) >= 11 is 5.10. The SMILES string of the molecule is C=CCSc1nccn1-c1ccc(Br)cc1. The molecule has 82 valence electrons. The van der Waals surface area contributed by atoms with E-state index in [-0.39, 0.29) is 0 Å². The maximum atomic E-state index is 4.32. The molecule has 1 heterocycles. The van der Waals surface area contributed by atoms with E-state index < -0.39 is 0 Å². The van der Waals surface area contributed by atoms with Crippen LogP contribution < -0.4 is 0 Å². The monoisotopic (exact) mass is 294 g/mol. The molecule has 0 unspecified atom stereocenters. The molecule has 0 atom stereocenters. The lowest BCUT2D eigenvalue weighted by Gasteiger charge is -2.06. The Bertz CT molecular complexity index is 476. The molecule has 0 amide bonds. The van der Waals surface area contributed by atoms with Crippen LogP contribution in [0.3, 0.4) is 0 Å². The second kappa shape index (κ2) is 5.37. The molecule has 0 fully saturated rings. The second-order valence-electron chi connectivity index (χ2n) is 3.16. The molecule has 0 saturated heterocycles. The Morgan fingerprint density at radius 2 is 2.12 bits per heavy atom. The van der Waals surface area contributed by atoms with Crippen LogP contribution in [-0.4, -0.2) is 15.3 Å². The highest BCUT2D eigenvalue weighted by Gasteiger charge is 2.04. The number of rotatable bonds is 4. The minimum atomic E-state index is 0.869. The molecule has 2 nitrogen and oxygen atoms in total. The van der Waals surface area contributed by atoms with Crippen molar-refractivity contribution < 1.29 is 0 Å². The number of aromatic nitrogens is 2. The quantitative estimate of drug-likeness (QED) is 0.628. The molecule has 0 saturated carbocycles. The van der Waals surface area contributed by atoms with E-state index in [0.717, 1.165) is 21.1 Å². The Hall–Kier alpha value is -1.000. The largest absolute Gasteiger partial charge is 0.295 e. The van der Waals surface area contributed by atoms with Gasteiger partial charge in [-0.3, -0.25) is 4.57 Å². The van der Waals surface area contributed by atoms with Gasteiger partial charge in [-0.1, -0.05) is 33.8 Å². The summed E-state index contributed by atoms with van der Waals surface area (Å²) in [5.74, 6) is 0.869. The van der Waals surface area contributed by atoms with Crippen molar-refractivity contribution >= 4 is 27.7 Å². The summed E-state index contributed by atoms with van der Waals surface area (Å²) in [5.41, 5.74) is 1.12. The summed E-state index contributed by atoms with van der Waals surface area (Å²) in [7, 11) is 0. The van der Waals surface area contributed by atoms with Crippen molar-refractivity contribution in [3.63, 3.8) is 0 Å². The average Bonchev–Trinajstić information content (AvgIpc) is 2.75. The van der Waals surface area contributed by atoms with Gasteiger partial charge in [0.15, 0.2) is 5.16 Å². The highest BCUT2D eigenvalue weighted by molar-refractivity contribution is 9.10. The van der Waals surface area contributed by atoms with Crippen LogP contribution in [0.5, 0.6) is 0 Å². The third kappa shape index (κ3) is 2.57. The first-order chi connectivity index (χ1) is 7.81. The lowest BCUT2D eigenvalue weighted by Crippen LogP contribution is -1.94. The van der Waals surface area contributed by atoms with Crippen LogP contribution in [0.2, 0.25) is 0 Å². The van der Waals surface area contributed by atoms with Gasteiger partial charge in [-0.25, -0.2) is 4.98 Å². The van der Waals surface area contributed by atoms with Crippen LogP contribution >= 0.6 is 27.7 Å². The zero-order valence-corrected chi connectivity index (χ0v) is 11.0. The number of hydrogen-bond donors (Lipinski definition) is 0. The van der Waals surface area contributed by atoms with Gasteiger partial charge in [-0.15, -0.1) is 6.58 Å². The Balaban J connectivity index is 2.29. The number of benzene rings is 1. The summed E-state index contributed by atoms with van der Waals surface area (Å²) in [6, 6.07) is 8.17. The summed E-state index contributed by atoms with van der Waals surface area (Å²) in [5, 5.41) is 0.988. The Labute approximate surface area is 108 Å². The highest BCUT2D eigenvalue weighted by atomic mass is 79.9. The van der Waals surface area contributed by atoms with Gasteiger partial charge in [0.1, 0.15) is 0 Å². The van der Waals surface area contributed by atoms with Crippen LogP contribution in [-0.2, 0) is 0 Å². The predicted octanol–water partition coefficient (Wildman–Crippen LogP) is 3.91. The smallest absolute Gasteiger partial charge is 0.172 e. The molecule has 0 aliphatic heterocycles. The fraction of sp³-hybridized carbons (Fsp3) is 0.0833. The zero-order chi connectivity index (χ0) is 11.4. The van der Waals surface area contributed by atoms with E-state index in [1.165, 1.54) is 0 Å². The van der Waals surface area contributed by atoms with Crippen molar-refractivity contribution in [1.29, 1.82) is 0 Å². The molecule has 16 heavy (non-hydrogen) atoms. The maximum absolute atomic E-state index is 4.32. The second-order valence-corrected chi connectivity index (χ2v) is 5.06. The predicted molar refractivity (Wildman–Crippen MR) is 72.2 cm³/mol. The van der Waals surface area contributed by atoms with Crippen LogP contribution in [0.15, 0.2) is 58.9 Å². The van der Waals surface area contributed by atoms with Gasteiger partial charge >= 0.3 is 0 Å². The standard InChI is InChI=1S/C12H11BrN2S/c1-2-9-16-12-14-7-8-15(12)11-5-3-10(13)4-6-11/h2-8H,1,9H2. The number of halogens is 1. The topological polar surface area (TPSA) is 17.8 Å². The van der Waals surface area contributed by atoms with Crippen molar-refractivity contribution in [2.24, 2.45) is 0 Å². The minimum absolute atomic E-state index is 0.869. The molecule has 0 radical (unpaired) electrons. The molecule has 2 rings (SSSR count). The first-order valence-electron chi connectivity index (χ1n) is 4.84. The third-order valence-corrected chi connectivity index (χ3v) is 3.53. The maximum Gasteiger partial charge on any atom is 0.172 e. The minimum Gasteiger partial charge on any atom is -0.295 e. The number of hydrogen-bond acceptors (Lipinski definition) is 2. The fourth-order valence-corrected chi connectivity index (χ4v) is 2.30. The fourth-order valence-electron chi connectivity index (χ4n) is 1.33. The number of thioether (sulfide) groups is 1. The molecule has 0 bridgehead atoms. The van der Waals surface area contributed by atoms with E-state index >= 15 is 0 Å². The molecule has 0 aliphatic carbocycles. The van der Waals surface area contributed by atoms with Gasteiger partial charge in [0.25, 0.3) is 0 Å². The first-order valence-corrected chi connectivity index (χ1v) is 6.62. The lowest BCUT2D eigenvalue weighted by atomic mass is 10.3. The van der Waals surface area contributed by atoms with Gasteiger partial charge in [0.05, 0.1) is 0 Å². The van der Waals surface area contributed by atoms with E-state index in [4.69, 9.17) is 0 Å². The van der Waals surface area contributed by atoms with Gasteiger partial charge in [-0.05, 0) is 24.3 Å².